The molecule has 0 saturated heterocycles. The first-order valence-electron chi connectivity index (χ1n) is 20.9. The predicted molar refractivity (Wildman–Crippen MR) is 229 cm³/mol. The standard InChI is InChI=1S/C52H46F8O4/c1-8-51(6,9-2)39-44(57)40(53)37(41(54)45(39)58)48(61)33-16-12-29(13-17-33)28(5)30-14-18-34(19-15-30)49(62)38-42(55)46(59)50(47(60)43(38)56)63-35-24-20-31(21-25-35)32-22-26-36(27-23-32)64-52(7,10-3)11-4/h12-28H,8-11H2,1-7H3. The number of carbonyl (C=O) groups excluding carboxylic acids is 2. The highest BCUT2D eigenvalue weighted by atomic mass is 19.2. The predicted octanol–water partition coefficient (Wildman–Crippen LogP) is 14.9. The van der Waals surface area contributed by atoms with Crippen LogP contribution in [-0.2, 0) is 5.41 Å². The minimum Gasteiger partial charge on any atom is -0.488 e. The van der Waals surface area contributed by atoms with Gasteiger partial charge in [-0.05, 0) is 84.5 Å². The molecule has 1 unspecified atom stereocenters. The van der Waals surface area contributed by atoms with Gasteiger partial charge < -0.3 is 9.47 Å². The van der Waals surface area contributed by atoms with E-state index in [9.17, 15) is 9.59 Å². The minimum absolute atomic E-state index is 0.128. The maximum atomic E-state index is 15.4. The van der Waals surface area contributed by atoms with Gasteiger partial charge in [-0.25, -0.2) is 26.3 Å². The molecule has 6 aromatic carbocycles. The van der Waals surface area contributed by atoms with Gasteiger partial charge >= 0.3 is 0 Å². The summed E-state index contributed by atoms with van der Waals surface area (Å²) in [5, 5.41) is 0. The lowest BCUT2D eigenvalue weighted by Crippen LogP contribution is -2.30. The molecule has 0 aromatic heterocycles. The minimum atomic E-state index is -1.95. The summed E-state index contributed by atoms with van der Waals surface area (Å²) >= 11 is 0. The van der Waals surface area contributed by atoms with E-state index in [-0.39, 0.29) is 35.3 Å². The van der Waals surface area contributed by atoms with E-state index in [4.69, 9.17) is 9.47 Å². The Morgan fingerprint density at radius 2 is 0.844 bits per heavy atom. The molecule has 1 atom stereocenters. The third-order valence-corrected chi connectivity index (χ3v) is 12.6. The molecular weight excluding hydrogens is 841 g/mol. The van der Waals surface area contributed by atoms with Crippen LogP contribution in [0.2, 0.25) is 0 Å². The molecule has 0 heterocycles. The van der Waals surface area contributed by atoms with Crippen molar-refractivity contribution < 1.29 is 54.2 Å². The van der Waals surface area contributed by atoms with Gasteiger partial charge in [0.1, 0.15) is 28.2 Å². The highest BCUT2D eigenvalue weighted by Gasteiger charge is 2.37. The SMILES string of the molecule is CCC(C)(CC)Oc1ccc(-c2ccc(Oc3c(F)c(F)c(C(=O)c4ccc(C(C)c5ccc(C(=O)c6c(F)c(F)c(C(C)(CC)CC)c(F)c6F)cc5)cc4)c(F)c3F)cc2)cc1. The number of hydrogen-bond acceptors (Lipinski definition) is 4. The van der Waals surface area contributed by atoms with Crippen LogP contribution >= 0.6 is 0 Å². The normalized spacial score (nSPS) is 12.3. The molecule has 0 fully saturated rings. The summed E-state index contributed by atoms with van der Waals surface area (Å²) in [6, 6.07) is 24.0. The molecule has 64 heavy (non-hydrogen) atoms. The Labute approximate surface area is 366 Å². The molecule has 6 aromatic rings. The smallest absolute Gasteiger partial charge is 0.205 e. The first kappa shape index (κ1) is 47.2. The molecule has 0 bridgehead atoms. The van der Waals surface area contributed by atoms with Crippen molar-refractivity contribution in [3.05, 3.63) is 183 Å². The molecule has 334 valence electrons. The average molecular weight is 887 g/mol. The number of benzene rings is 6. The number of carbonyl (C=O) groups is 2. The zero-order chi connectivity index (χ0) is 46.8. The number of rotatable bonds is 16. The van der Waals surface area contributed by atoms with Crippen LogP contribution in [0.15, 0.2) is 97.1 Å². The molecule has 0 aliphatic carbocycles. The van der Waals surface area contributed by atoms with Crippen molar-refractivity contribution in [1.82, 2.24) is 0 Å². The zero-order valence-electron chi connectivity index (χ0n) is 36.3. The van der Waals surface area contributed by atoms with Crippen molar-refractivity contribution in [2.45, 2.75) is 91.1 Å². The Kier molecular flexibility index (Phi) is 13.9. The third-order valence-electron chi connectivity index (χ3n) is 12.6. The lowest BCUT2D eigenvalue weighted by atomic mass is 9.76. The lowest BCUT2D eigenvalue weighted by Gasteiger charge is -2.29. The number of ketones is 2. The molecule has 4 nitrogen and oxygen atoms in total. The summed E-state index contributed by atoms with van der Waals surface area (Å²) in [5.41, 5.74) is -3.01. The third kappa shape index (κ3) is 8.92. The summed E-state index contributed by atoms with van der Waals surface area (Å²) < 4.78 is 134. The van der Waals surface area contributed by atoms with E-state index < -0.39 is 91.9 Å². The Hall–Kier alpha value is -6.30. The van der Waals surface area contributed by atoms with Gasteiger partial charge in [-0.2, -0.15) is 8.78 Å². The van der Waals surface area contributed by atoms with Crippen molar-refractivity contribution in [1.29, 1.82) is 0 Å². The molecule has 0 saturated carbocycles. The summed E-state index contributed by atoms with van der Waals surface area (Å²) in [5.74, 6) is -18.4. The fourth-order valence-electron chi connectivity index (χ4n) is 7.42. The van der Waals surface area contributed by atoms with Crippen LogP contribution in [0.5, 0.6) is 17.2 Å². The van der Waals surface area contributed by atoms with Gasteiger partial charge in [0.25, 0.3) is 0 Å². The number of halogens is 8. The monoisotopic (exact) mass is 886 g/mol. The van der Waals surface area contributed by atoms with Gasteiger partial charge in [0, 0.05) is 22.6 Å². The molecular formula is C52H46F8O4. The van der Waals surface area contributed by atoms with Crippen molar-refractivity contribution in [3.63, 3.8) is 0 Å². The number of ether oxygens (including phenoxy) is 2. The second-order valence-electron chi connectivity index (χ2n) is 16.3. The van der Waals surface area contributed by atoms with E-state index in [1.807, 2.05) is 45.0 Å². The molecule has 0 amide bonds. The average Bonchev–Trinajstić information content (AvgIpc) is 3.31. The van der Waals surface area contributed by atoms with Crippen molar-refractivity contribution in [3.8, 4) is 28.4 Å². The van der Waals surface area contributed by atoms with Gasteiger partial charge in [0.2, 0.25) is 17.4 Å². The van der Waals surface area contributed by atoms with Gasteiger partial charge in [-0.15, -0.1) is 0 Å². The highest BCUT2D eigenvalue weighted by molar-refractivity contribution is 6.10. The number of hydrogen-bond donors (Lipinski definition) is 0. The topological polar surface area (TPSA) is 52.6 Å². The second kappa shape index (κ2) is 18.8. The molecule has 0 radical (unpaired) electrons. The Bertz CT molecular complexity index is 2630. The van der Waals surface area contributed by atoms with E-state index in [2.05, 4.69) is 0 Å². The van der Waals surface area contributed by atoms with Gasteiger partial charge in [-0.3, -0.25) is 9.59 Å². The van der Waals surface area contributed by atoms with Crippen LogP contribution in [-0.4, -0.2) is 17.2 Å². The van der Waals surface area contributed by atoms with Crippen LogP contribution in [0.1, 0.15) is 129 Å². The Morgan fingerprint density at radius 1 is 0.484 bits per heavy atom. The first-order chi connectivity index (χ1) is 30.3. The van der Waals surface area contributed by atoms with Gasteiger partial charge in [0.05, 0.1) is 0 Å². The van der Waals surface area contributed by atoms with Gasteiger partial charge in [-0.1, -0.05) is 114 Å². The molecule has 0 aliphatic heterocycles. The van der Waals surface area contributed by atoms with E-state index >= 15 is 35.1 Å². The highest BCUT2D eigenvalue weighted by Crippen LogP contribution is 2.39. The van der Waals surface area contributed by atoms with E-state index in [1.165, 1.54) is 67.6 Å². The van der Waals surface area contributed by atoms with Crippen molar-refractivity contribution in [2.75, 3.05) is 0 Å². The summed E-state index contributed by atoms with van der Waals surface area (Å²) in [6.07, 6.45) is 2.03. The maximum absolute atomic E-state index is 15.4. The lowest BCUT2D eigenvalue weighted by molar-refractivity contribution is 0.0803. The molecule has 6 rings (SSSR count). The van der Waals surface area contributed by atoms with E-state index in [0.29, 0.717) is 22.4 Å². The van der Waals surface area contributed by atoms with Crippen molar-refractivity contribution >= 4 is 11.6 Å². The summed E-state index contributed by atoms with van der Waals surface area (Å²) in [7, 11) is 0. The molecule has 0 aliphatic rings. The van der Waals surface area contributed by atoms with Crippen LogP contribution in [0, 0.1) is 46.5 Å². The molecule has 12 heteroatoms. The van der Waals surface area contributed by atoms with E-state index in [1.54, 1.807) is 32.9 Å². The summed E-state index contributed by atoms with van der Waals surface area (Å²) in [6.45, 7) is 12.6. The fraction of sp³-hybridized carbons (Fsp3) is 0.269. The second-order valence-corrected chi connectivity index (χ2v) is 16.3. The van der Waals surface area contributed by atoms with Crippen LogP contribution in [0.4, 0.5) is 35.1 Å². The van der Waals surface area contributed by atoms with Crippen LogP contribution < -0.4 is 9.47 Å². The molecule has 0 N–H and O–H groups in total. The summed E-state index contributed by atoms with van der Waals surface area (Å²) in [4.78, 5) is 26.5. The largest absolute Gasteiger partial charge is 0.488 e. The quantitative estimate of drug-likeness (QED) is 0.0552. The zero-order valence-corrected chi connectivity index (χ0v) is 36.3. The maximum Gasteiger partial charge on any atom is 0.205 e. The van der Waals surface area contributed by atoms with Crippen LogP contribution in [0.3, 0.4) is 0 Å². The van der Waals surface area contributed by atoms with Crippen LogP contribution in [0.25, 0.3) is 11.1 Å². The van der Waals surface area contributed by atoms with E-state index in [0.717, 1.165) is 18.4 Å². The molecule has 0 spiro atoms. The Morgan fingerprint density at radius 3 is 1.20 bits per heavy atom. The van der Waals surface area contributed by atoms with Crippen molar-refractivity contribution in [2.24, 2.45) is 0 Å². The fourth-order valence-corrected chi connectivity index (χ4v) is 7.42. The first-order valence-corrected chi connectivity index (χ1v) is 20.9. The Balaban J connectivity index is 1.16. The van der Waals surface area contributed by atoms with Gasteiger partial charge in [0.15, 0.2) is 46.5 Å².